The molecule has 3 heterocycles. The van der Waals surface area contributed by atoms with Crippen LogP contribution in [0.25, 0.3) is 5.78 Å². The molecule has 1 N–H and O–H groups in total. The number of ether oxygens (including phenoxy) is 2. The van der Waals surface area contributed by atoms with Crippen molar-refractivity contribution in [1.29, 1.82) is 0 Å². The number of hydrogen-bond donors (Lipinski definition) is 1. The van der Waals surface area contributed by atoms with Gasteiger partial charge in [-0.3, -0.25) is 9.20 Å². The zero-order valence-corrected chi connectivity index (χ0v) is 13.1. The van der Waals surface area contributed by atoms with Gasteiger partial charge in [-0.25, -0.2) is 4.98 Å². The highest BCUT2D eigenvalue weighted by Crippen LogP contribution is 2.43. The fourth-order valence-electron chi connectivity index (χ4n) is 3.68. The summed E-state index contributed by atoms with van der Waals surface area (Å²) >= 11 is 0. The Bertz CT molecular complexity index is 746. The lowest BCUT2D eigenvalue weighted by Crippen LogP contribution is -2.62. The van der Waals surface area contributed by atoms with Gasteiger partial charge in [0.2, 0.25) is 5.82 Å². The average Bonchev–Trinajstić information content (AvgIpc) is 3.14. The number of aromatic nitrogens is 4. The molecule has 1 saturated heterocycles. The topological polar surface area (TPSA) is 90.6 Å². The van der Waals surface area contributed by atoms with E-state index in [9.17, 15) is 4.79 Å². The van der Waals surface area contributed by atoms with E-state index in [1.165, 1.54) is 0 Å². The van der Waals surface area contributed by atoms with Gasteiger partial charge in [0.05, 0.1) is 12.7 Å². The van der Waals surface area contributed by atoms with E-state index in [0.29, 0.717) is 18.3 Å². The zero-order chi connectivity index (χ0) is 16.0. The first-order chi connectivity index (χ1) is 11.2. The van der Waals surface area contributed by atoms with E-state index in [2.05, 4.69) is 20.5 Å². The van der Waals surface area contributed by atoms with E-state index in [0.717, 1.165) is 18.7 Å². The third kappa shape index (κ3) is 2.29. The molecule has 2 aliphatic rings. The lowest BCUT2D eigenvalue weighted by atomic mass is 9.67. The van der Waals surface area contributed by atoms with Gasteiger partial charge in [-0.15, -0.1) is 10.2 Å². The molecule has 2 aromatic heterocycles. The molecule has 0 spiro atoms. The predicted molar refractivity (Wildman–Crippen MR) is 80.0 cm³/mol. The summed E-state index contributed by atoms with van der Waals surface area (Å²) in [5, 5.41) is 11.0. The third-order valence-electron chi connectivity index (χ3n) is 4.81. The van der Waals surface area contributed by atoms with Crippen LogP contribution in [0.15, 0.2) is 12.3 Å². The Balaban J connectivity index is 1.54. The number of carbonyl (C=O) groups excluding carboxylic acids is 1. The van der Waals surface area contributed by atoms with Gasteiger partial charge in [-0.1, -0.05) is 0 Å². The summed E-state index contributed by atoms with van der Waals surface area (Å²) in [6.45, 7) is 3.20. The van der Waals surface area contributed by atoms with Gasteiger partial charge in [0.1, 0.15) is 0 Å². The molecule has 0 bridgehead atoms. The third-order valence-corrected chi connectivity index (χ3v) is 4.81. The van der Waals surface area contributed by atoms with Gasteiger partial charge >= 0.3 is 0 Å². The maximum Gasteiger partial charge on any atom is 0.289 e. The van der Waals surface area contributed by atoms with Crippen LogP contribution in [0.2, 0.25) is 0 Å². The van der Waals surface area contributed by atoms with Crippen LogP contribution in [-0.4, -0.2) is 58.0 Å². The first kappa shape index (κ1) is 14.5. The number of aryl methyl sites for hydroxylation is 1. The van der Waals surface area contributed by atoms with E-state index >= 15 is 0 Å². The Morgan fingerprint density at radius 3 is 3.22 bits per heavy atom. The van der Waals surface area contributed by atoms with Crippen molar-refractivity contribution in [1.82, 2.24) is 24.9 Å². The first-order valence-electron chi connectivity index (χ1n) is 7.79. The Morgan fingerprint density at radius 2 is 2.39 bits per heavy atom. The molecule has 1 aliphatic carbocycles. The van der Waals surface area contributed by atoms with Crippen molar-refractivity contribution in [2.75, 3.05) is 20.3 Å². The molecule has 8 heteroatoms. The molecule has 1 saturated carbocycles. The number of rotatable bonds is 4. The number of nitrogens with one attached hydrogen (secondary N) is 1. The van der Waals surface area contributed by atoms with Gasteiger partial charge in [0.15, 0.2) is 0 Å². The molecule has 2 aromatic rings. The second-order valence-corrected chi connectivity index (χ2v) is 6.17. The summed E-state index contributed by atoms with van der Waals surface area (Å²) < 4.78 is 12.6. The van der Waals surface area contributed by atoms with Gasteiger partial charge in [0, 0.05) is 43.5 Å². The highest BCUT2D eigenvalue weighted by Gasteiger charge is 2.54. The van der Waals surface area contributed by atoms with Crippen LogP contribution in [-0.2, 0) is 9.47 Å². The smallest absolute Gasteiger partial charge is 0.289 e. The molecule has 4 atom stereocenters. The van der Waals surface area contributed by atoms with Crippen molar-refractivity contribution in [2.45, 2.75) is 25.5 Å². The van der Waals surface area contributed by atoms with Gasteiger partial charge in [-0.05, 0) is 19.4 Å². The normalized spacial score (nSPS) is 29.3. The van der Waals surface area contributed by atoms with Crippen LogP contribution in [0, 0.1) is 18.8 Å². The maximum atomic E-state index is 12.6. The molecule has 1 amide bonds. The minimum absolute atomic E-state index is 0.0562. The molecule has 1 aliphatic heterocycles. The number of nitrogens with zero attached hydrogens (tertiary/aromatic N) is 4. The van der Waals surface area contributed by atoms with Gasteiger partial charge in [0.25, 0.3) is 11.7 Å². The van der Waals surface area contributed by atoms with Crippen LogP contribution in [0.1, 0.15) is 22.7 Å². The van der Waals surface area contributed by atoms with Crippen LogP contribution in [0.4, 0.5) is 0 Å². The molecule has 0 radical (unpaired) electrons. The number of hydrogen-bond acceptors (Lipinski definition) is 6. The number of methoxy groups -OCH3 is 1. The van der Waals surface area contributed by atoms with Gasteiger partial charge in [-0.2, -0.15) is 0 Å². The lowest BCUT2D eigenvalue weighted by molar-refractivity contribution is -0.0810. The molecule has 4 rings (SSSR count). The summed E-state index contributed by atoms with van der Waals surface area (Å²) in [4.78, 5) is 16.9. The fraction of sp³-hybridized carbons (Fsp3) is 0.600. The molecular weight excluding hydrogens is 298 g/mol. The number of fused-ring (bicyclic) bond motifs is 2. The lowest BCUT2D eigenvalue weighted by Gasteiger charge is -2.47. The van der Waals surface area contributed by atoms with E-state index < -0.39 is 0 Å². The minimum Gasteiger partial charge on any atom is -0.384 e. The van der Waals surface area contributed by atoms with Crippen LogP contribution >= 0.6 is 0 Å². The number of amides is 1. The summed E-state index contributed by atoms with van der Waals surface area (Å²) in [6, 6.07) is 1.88. The predicted octanol–water partition coefficient (Wildman–Crippen LogP) is 0.212. The van der Waals surface area contributed by atoms with E-state index in [1.807, 2.05) is 13.0 Å². The highest BCUT2D eigenvalue weighted by molar-refractivity contribution is 5.91. The van der Waals surface area contributed by atoms with Crippen LogP contribution in [0.3, 0.4) is 0 Å². The fourth-order valence-corrected chi connectivity index (χ4v) is 3.68. The Kier molecular flexibility index (Phi) is 3.50. The van der Waals surface area contributed by atoms with E-state index in [-0.39, 0.29) is 29.8 Å². The number of carbonyl (C=O) groups is 1. The average molecular weight is 317 g/mol. The van der Waals surface area contributed by atoms with Crippen molar-refractivity contribution in [3.63, 3.8) is 0 Å². The zero-order valence-electron chi connectivity index (χ0n) is 13.1. The molecule has 122 valence electrons. The van der Waals surface area contributed by atoms with Gasteiger partial charge < -0.3 is 14.8 Å². The standard InChI is InChI=1S/C15H19N5O3/c1-8-3-5-20-13(18-19-15(20)16-8)14(21)17-11-9-4-6-23-12(9)10(11)7-22-2/h3,5,9-12H,4,6-7H2,1-2H3,(H,17,21)/t9-,10+,11-,12-/m0/s1. The van der Waals surface area contributed by atoms with Crippen molar-refractivity contribution in [3.8, 4) is 0 Å². The van der Waals surface area contributed by atoms with Crippen molar-refractivity contribution >= 4 is 11.7 Å². The van der Waals surface area contributed by atoms with Crippen molar-refractivity contribution < 1.29 is 14.3 Å². The molecule has 8 nitrogen and oxygen atoms in total. The van der Waals surface area contributed by atoms with Crippen molar-refractivity contribution in [2.24, 2.45) is 11.8 Å². The SMILES string of the molecule is COC[C@@H]1[C@@H](NC(=O)c2nnc3nc(C)ccn23)[C@@H]2CCO[C@H]12. The maximum absolute atomic E-state index is 12.6. The summed E-state index contributed by atoms with van der Waals surface area (Å²) in [6.07, 6.45) is 2.93. The Labute approximate surface area is 133 Å². The minimum atomic E-state index is -0.236. The second-order valence-electron chi connectivity index (χ2n) is 6.17. The summed E-state index contributed by atoms with van der Waals surface area (Å²) in [5.41, 5.74) is 0.835. The van der Waals surface area contributed by atoms with Crippen molar-refractivity contribution in [3.05, 3.63) is 23.8 Å². The van der Waals surface area contributed by atoms with E-state index in [1.54, 1.807) is 17.7 Å². The molecule has 23 heavy (non-hydrogen) atoms. The summed E-state index contributed by atoms with van der Waals surface area (Å²) in [5.74, 6) is 1.000. The molecule has 0 aromatic carbocycles. The van der Waals surface area contributed by atoms with Crippen LogP contribution in [0.5, 0.6) is 0 Å². The Morgan fingerprint density at radius 1 is 1.52 bits per heavy atom. The molecular formula is C15H19N5O3. The quantitative estimate of drug-likeness (QED) is 0.867. The first-order valence-corrected chi connectivity index (χ1v) is 7.79. The molecule has 0 unspecified atom stereocenters. The summed E-state index contributed by atoms with van der Waals surface area (Å²) in [7, 11) is 1.67. The second kappa shape index (κ2) is 5.54. The van der Waals surface area contributed by atoms with Crippen LogP contribution < -0.4 is 5.32 Å². The van der Waals surface area contributed by atoms with E-state index in [4.69, 9.17) is 9.47 Å². The largest absolute Gasteiger partial charge is 0.384 e. The highest BCUT2D eigenvalue weighted by atomic mass is 16.5. The monoisotopic (exact) mass is 317 g/mol. The Hall–Kier alpha value is -2.06. The molecule has 2 fully saturated rings.